The summed E-state index contributed by atoms with van der Waals surface area (Å²) in [5.74, 6) is 0.464. The zero-order chi connectivity index (χ0) is 16.8. The molecular formula is C16H27N5O3. The quantitative estimate of drug-likeness (QED) is 0.801. The van der Waals surface area contributed by atoms with Gasteiger partial charge >= 0.3 is 6.03 Å². The fourth-order valence-corrected chi connectivity index (χ4v) is 3.33. The van der Waals surface area contributed by atoms with Gasteiger partial charge in [0.25, 0.3) is 0 Å². The van der Waals surface area contributed by atoms with Crippen LogP contribution >= 0.6 is 0 Å². The number of morpholine rings is 1. The Morgan fingerprint density at radius 2 is 2.21 bits per heavy atom. The molecular weight excluding hydrogens is 310 g/mol. The first-order valence-electron chi connectivity index (χ1n) is 8.73. The average Bonchev–Trinajstić information content (AvgIpc) is 3.28. The Kier molecular flexibility index (Phi) is 6.06. The third kappa shape index (κ3) is 4.46. The van der Waals surface area contributed by atoms with Crippen molar-refractivity contribution in [2.45, 2.75) is 25.9 Å². The van der Waals surface area contributed by atoms with E-state index in [-0.39, 0.29) is 6.03 Å². The van der Waals surface area contributed by atoms with Crippen LogP contribution in [0.4, 0.5) is 10.5 Å². The van der Waals surface area contributed by atoms with Crippen molar-refractivity contribution in [2.24, 2.45) is 5.92 Å². The fourth-order valence-electron chi connectivity index (χ4n) is 3.33. The summed E-state index contributed by atoms with van der Waals surface area (Å²) in [4.78, 5) is 14.6. The maximum absolute atomic E-state index is 12.2. The molecule has 1 aromatic rings. The SMILES string of the molecule is CCn1cc(NC(=O)NC[C@@H]([C@@H]2CCOC2)N2CCOCC2)cn1. The first-order valence-corrected chi connectivity index (χ1v) is 8.73. The zero-order valence-electron chi connectivity index (χ0n) is 14.2. The van der Waals surface area contributed by atoms with Gasteiger partial charge in [-0.3, -0.25) is 9.58 Å². The van der Waals surface area contributed by atoms with Crippen LogP contribution in [0.5, 0.6) is 0 Å². The van der Waals surface area contributed by atoms with E-state index in [1.165, 1.54) is 0 Å². The van der Waals surface area contributed by atoms with Crippen LogP contribution in [-0.4, -0.2) is 72.8 Å². The van der Waals surface area contributed by atoms with Crippen molar-refractivity contribution in [1.29, 1.82) is 0 Å². The van der Waals surface area contributed by atoms with Crippen molar-refractivity contribution in [3.63, 3.8) is 0 Å². The third-order valence-corrected chi connectivity index (χ3v) is 4.71. The van der Waals surface area contributed by atoms with E-state index < -0.39 is 0 Å². The molecule has 134 valence electrons. The van der Waals surface area contributed by atoms with Crippen LogP contribution in [0.2, 0.25) is 0 Å². The van der Waals surface area contributed by atoms with Gasteiger partial charge in [0, 0.05) is 50.9 Å². The van der Waals surface area contributed by atoms with Gasteiger partial charge < -0.3 is 20.1 Å². The molecule has 2 aliphatic heterocycles. The summed E-state index contributed by atoms with van der Waals surface area (Å²) in [6, 6.07) is 0.100. The molecule has 0 spiro atoms. The van der Waals surface area contributed by atoms with Gasteiger partial charge in [-0.1, -0.05) is 0 Å². The maximum Gasteiger partial charge on any atom is 0.319 e. The van der Waals surface area contributed by atoms with Gasteiger partial charge in [0.15, 0.2) is 0 Å². The highest BCUT2D eigenvalue weighted by molar-refractivity contribution is 5.88. The number of ether oxygens (including phenoxy) is 2. The van der Waals surface area contributed by atoms with Crippen molar-refractivity contribution in [2.75, 3.05) is 51.4 Å². The lowest BCUT2D eigenvalue weighted by Gasteiger charge is -2.37. The van der Waals surface area contributed by atoms with Gasteiger partial charge in [-0.15, -0.1) is 0 Å². The number of aromatic nitrogens is 2. The predicted molar refractivity (Wildman–Crippen MR) is 90.0 cm³/mol. The second kappa shape index (κ2) is 8.46. The van der Waals surface area contributed by atoms with Crippen LogP contribution in [0.25, 0.3) is 0 Å². The van der Waals surface area contributed by atoms with E-state index in [2.05, 4.69) is 20.6 Å². The van der Waals surface area contributed by atoms with Crippen molar-refractivity contribution in [3.05, 3.63) is 12.4 Å². The van der Waals surface area contributed by atoms with Crippen molar-refractivity contribution in [3.8, 4) is 0 Å². The molecule has 3 rings (SSSR count). The van der Waals surface area contributed by atoms with Crippen LogP contribution in [0.15, 0.2) is 12.4 Å². The molecule has 0 aliphatic carbocycles. The molecule has 0 radical (unpaired) electrons. The largest absolute Gasteiger partial charge is 0.381 e. The second-order valence-corrected chi connectivity index (χ2v) is 6.26. The number of nitrogens with one attached hydrogen (secondary N) is 2. The van der Waals surface area contributed by atoms with Gasteiger partial charge in [0.05, 0.1) is 31.7 Å². The Balaban J connectivity index is 1.52. The molecule has 2 saturated heterocycles. The first-order chi connectivity index (χ1) is 11.8. The number of urea groups is 1. The molecule has 2 atom stereocenters. The molecule has 2 aliphatic rings. The Labute approximate surface area is 142 Å². The normalized spacial score (nSPS) is 23.1. The summed E-state index contributed by atoms with van der Waals surface area (Å²) >= 11 is 0. The second-order valence-electron chi connectivity index (χ2n) is 6.26. The molecule has 8 nitrogen and oxygen atoms in total. The third-order valence-electron chi connectivity index (χ3n) is 4.71. The highest BCUT2D eigenvalue weighted by atomic mass is 16.5. The van der Waals surface area contributed by atoms with E-state index >= 15 is 0 Å². The van der Waals surface area contributed by atoms with Gasteiger partial charge in [0.2, 0.25) is 0 Å². The van der Waals surface area contributed by atoms with Gasteiger partial charge in [-0.05, 0) is 13.3 Å². The highest BCUT2D eigenvalue weighted by Crippen LogP contribution is 2.21. The van der Waals surface area contributed by atoms with Crippen LogP contribution in [0.1, 0.15) is 13.3 Å². The van der Waals surface area contributed by atoms with Crippen LogP contribution in [-0.2, 0) is 16.0 Å². The molecule has 8 heteroatoms. The average molecular weight is 337 g/mol. The maximum atomic E-state index is 12.2. The van der Waals surface area contributed by atoms with Crippen molar-refractivity contribution in [1.82, 2.24) is 20.0 Å². The number of aryl methyl sites for hydroxylation is 1. The summed E-state index contributed by atoms with van der Waals surface area (Å²) in [6.07, 6.45) is 4.53. The smallest absolute Gasteiger partial charge is 0.319 e. The number of hydrogen-bond donors (Lipinski definition) is 2. The molecule has 24 heavy (non-hydrogen) atoms. The Bertz CT molecular complexity index is 524. The van der Waals surface area contributed by atoms with Crippen molar-refractivity contribution >= 4 is 11.7 Å². The highest BCUT2D eigenvalue weighted by Gasteiger charge is 2.31. The van der Waals surface area contributed by atoms with E-state index in [1.54, 1.807) is 10.9 Å². The lowest BCUT2D eigenvalue weighted by molar-refractivity contribution is 0.00222. The predicted octanol–water partition coefficient (Wildman–Crippen LogP) is 0.762. The molecule has 0 saturated carbocycles. The molecule has 0 aromatic carbocycles. The van der Waals surface area contributed by atoms with Crippen molar-refractivity contribution < 1.29 is 14.3 Å². The summed E-state index contributed by atoms with van der Waals surface area (Å²) in [7, 11) is 0. The fraction of sp³-hybridized carbons (Fsp3) is 0.750. The minimum absolute atomic E-state index is 0.192. The Hall–Kier alpha value is -1.64. The Morgan fingerprint density at radius 3 is 2.88 bits per heavy atom. The number of carbonyl (C=O) groups excluding carboxylic acids is 1. The van der Waals surface area contributed by atoms with Gasteiger partial charge in [-0.25, -0.2) is 4.79 Å². The standard InChI is InChI=1S/C16H27N5O3/c1-2-21-11-14(9-18-21)19-16(22)17-10-15(13-3-6-24-12-13)20-4-7-23-8-5-20/h9,11,13,15H,2-8,10,12H2,1H3,(H2,17,19,22)/t13-,15+/m1/s1. The molecule has 0 unspecified atom stereocenters. The Morgan fingerprint density at radius 1 is 1.38 bits per heavy atom. The summed E-state index contributed by atoms with van der Waals surface area (Å²) in [5.41, 5.74) is 0.710. The minimum Gasteiger partial charge on any atom is -0.381 e. The number of rotatable bonds is 6. The topological polar surface area (TPSA) is 80.7 Å². The van der Waals surface area contributed by atoms with E-state index in [0.29, 0.717) is 24.2 Å². The van der Waals surface area contributed by atoms with Gasteiger partial charge in [-0.2, -0.15) is 5.10 Å². The van der Waals surface area contributed by atoms with E-state index in [9.17, 15) is 4.79 Å². The molecule has 2 fully saturated rings. The van der Waals surface area contributed by atoms with Gasteiger partial charge in [0.1, 0.15) is 0 Å². The summed E-state index contributed by atoms with van der Waals surface area (Å²) in [5, 5.41) is 10.0. The molecule has 2 N–H and O–H groups in total. The zero-order valence-corrected chi connectivity index (χ0v) is 14.2. The molecule has 1 aromatic heterocycles. The first kappa shape index (κ1) is 17.2. The van der Waals surface area contributed by atoms with Crippen LogP contribution < -0.4 is 10.6 Å². The lowest BCUT2D eigenvalue weighted by Crippen LogP contribution is -2.52. The monoisotopic (exact) mass is 337 g/mol. The van der Waals surface area contributed by atoms with Crippen LogP contribution in [0.3, 0.4) is 0 Å². The summed E-state index contributed by atoms with van der Waals surface area (Å²) < 4.78 is 12.8. The number of nitrogens with zero attached hydrogens (tertiary/aromatic N) is 3. The summed E-state index contributed by atoms with van der Waals surface area (Å²) in [6.45, 7) is 8.32. The molecule has 0 bridgehead atoms. The minimum atomic E-state index is -0.192. The number of anilines is 1. The number of hydrogen-bond acceptors (Lipinski definition) is 5. The van der Waals surface area contributed by atoms with E-state index in [1.807, 2.05) is 13.1 Å². The van der Waals surface area contributed by atoms with E-state index in [0.717, 1.165) is 52.5 Å². The lowest BCUT2D eigenvalue weighted by atomic mass is 9.97. The molecule has 3 heterocycles. The molecule has 2 amide bonds. The van der Waals surface area contributed by atoms with E-state index in [4.69, 9.17) is 9.47 Å². The number of carbonyl (C=O) groups is 1. The van der Waals surface area contributed by atoms with Crippen LogP contribution in [0, 0.1) is 5.92 Å². The number of amides is 2.